The van der Waals surface area contributed by atoms with Crippen LogP contribution in [0.5, 0.6) is 0 Å². The van der Waals surface area contributed by atoms with E-state index in [-0.39, 0.29) is 16.7 Å². The highest BCUT2D eigenvalue weighted by atomic mass is 16.7. The topological polar surface area (TPSA) is 193 Å². The van der Waals surface area contributed by atoms with Crippen molar-refractivity contribution in [3.05, 3.63) is 154 Å². The summed E-state index contributed by atoms with van der Waals surface area (Å²) < 4.78 is 35.9. The third-order valence-electron chi connectivity index (χ3n) is 11.9. The van der Waals surface area contributed by atoms with Gasteiger partial charge >= 0.3 is 23.9 Å². The average molecular weight is 934 g/mol. The third kappa shape index (κ3) is 17.9. The van der Waals surface area contributed by atoms with E-state index in [4.69, 9.17) is 28.4 Å². The van der Waals surface area contributed by atoms with Crippen LogP contribution in [0.3, 0.4) is 0 Å². The number of esters is 4. The van der Waals surface area contributed by atoms with Crippen LogP contribution in [0.15, 0.2) is 126 Å². The van der Waals surface area contributed by atoms with E-state index in [2.05, 4.69) is 16.9 Å². The second kappa shape index (κ2) is 30.4. The number of benzene rings is 4. The maximum absolute atomic E-state index is 13.6. The summed E-state index contributed by atoms with van der Waals surface area (Å²) in [6.07, 6.45) is 9.24. The van der Waals surface area contributed by atoms with E-state index < -0.39 is 79.9 Å². The molecular formula is C54H67N3O11. The van der Waals surface area contributed by atoms with Gasteiger partial charge in [0.2, 0.25) is 0 Å². The Morgan fingerprint density at radius 3 is 1.46 bits per heavy atom. The summed E-state index contributed by atoms with van der Waals surface area (Å²) in [6, 6.07) is 31.7. The van der Waals surface area contributed by atoms with Crippen LogP contribution in [0.1, 0.15) is 151 Å². The number of unbranched alkanes of at least 4 members (excludes halogenated alkanes) is 14. The van der Waals surface area contributed by atoms with E-state index in [0.717, 1.165) is 25.7 Å². The summed E-state index contributed by atoms with van der Waals surface area (Å²) in [6.45, 7) is 1.30. The predicted octanol–water partition coefficient (Wildman–Crippen LogP) is 11.6. The Morgan fingerprint density at radius 2 is 1.00 bits per heavy atom. The number of aliphatic hydroxyl groups is 1. The molecular weight excluding hydrogens is 867 g/mol. The van der Waals surface area contributed by atoms with Gasteiger partial charge in [0, 0.05) is 4.91 Å². The van der Waals surface area contributed by atoms with Crippen molar-refractivity contribution in [1.29, 1.82) is 0 Å². The van der Waals surface area contributed by atoms with Crippen molar-refractivity contribution in [2.75, 3.05) is 13.2 Å². The van der Waals surface area contributed by atoms with Crippen LogP contribution >= 0.6 is 0 Å². The quantitative estimate of drug-likeness (QED) is 0.0131. The molecule has 14 heteroatoms. The lowest BCUT2D eigenvalue weighted by molar-refractivity contribution is -0.300. The van der Waals surface area contributed by atoms with Gasteiger partial charge in [-0.25, -0.2) is 19.2 Å². The molecule has 1 saturated heterocycles. The van der Waals surface area contributed by atoms with Gasteiger partial charge in [0.05, 0.1) is 34.9 Å². The van der Waals surface area contributed by atoms with E-state index in [1.54, 1.807) is 97.1 Å². The van der Waals surface area contributed by atoms with Crippen LogP contribution in [0, 0.1) is 0 Å². The lowest BCUT2D eigenvalue weighted by Crippen LogP contribution is -2.62. The monoisotopic (exact) mass is 933 g/mol. The zero-order valence-electron chi connectivity index (χ0n) is 39.2. The van der Waals surface area contributed by atoms with Crippen LogP contribution in [0.2, 0.25) is 0 Å². The van der Waals surface area contributed by atoms with Crippen LogP contribution in [-0.2, 0) is 28.4 Å². The number of carbonyl (C=O) groups is 4. The molecule has 1 heterocycles. The molecule has 7 atom stereocenters. The minimum absolute atomic E-state index is 0.147. The highest BCUT2D eigenvalue weighted by Gasteiger charge is 2.51. The van der Waals surface area contributed by atoms with Gasteiger partial charge in [0.25, 0.3) is 0 Å². The number of rotatable bonds is 30. The van der Waals surface area contributed by atoms with Crippen LogP contribution in [0.4, 0.5) is 0 Å². The van der Waals surface area contributed by atoms with Crippen LogP contribution in [-0.4, -0.2) is 85.0 Å². The fourth-order valence-corrected chi connectivity index (χ4v) is 8.09. The molecule has 0 bridgehead atoms. The number of carbonyl (C=O) groups excluding carboxylic acids is 4. The zero-order chi connectivity index (χ0) is 48.2. The highest BCUT2D eigenvalue weighted by molar-refractivity contribution is 5.91. The Morgan fingerprint density at radius 1 is 0.588 bits per heavy atom. The zero-order valence-corrected chi connectivity index (χ0v) is 39.2. The molecule has 1 fully saturated rings. The number of hydrogen-bond acceptors (Lipinski definition) is 12. The van der Waals surface area contributed by atoms with Gasteiger partial charge in [-0.2, -0.15) is 0 Å². The van der Waals surface area contributed by atoms with Crippen molar-refractivity contribution >= 4 is 23.9 Å². The number of nitrogens with zero attached hydrogens (tertiary/aromatic N) is 3. The summed E-state index contributed by atoms with van der Waals surface area (Å²) in [5.74, 6) is -3.00. The molecule has 364 valence electrons. The molecule has 4 aromatic carbocycles. The molecule has 0 spiro atoms. The lowest BCUT2D eigenvalue weighted by Gasteiger charge is -2.43. The summed E-state index contributed by atoms with van der Waals surface area (Å²) in [4.78, 5) is 56.9. The molecule has 0 amide bonds. The smallest absolute Gasteiger partial charge is 0.338 e. The Labute approximate surface area is 400 Å². The molecule has 0 unspecified atom stereocenters. The van der Waals surface area contributed by atoms with Crippen molar-refractivity contribution < 1.29 is 52.7 Å². The first kappa shape index (κ1) is 52.9. The number of azide groups is 1. The molecule has 4 aromatic rings. The predicted molar refractivity (Wildman–Crippen MR) is 257 cm³/mol. The lowest BCUT2D eigenvalue weighted by atomic mass is 9.98. The van der Waals surface area contributed by atoms with Gasteiger partial charge in [0.15, 0.2) is 18.5 Å². The van der Waals surface area contributed by atoms with Crippen molar-refractivity contribution in [3.8, 4) is 0 Å². The van der Waals surface area contributed by atoms with Crippen molar-refractivity contribution in [2.24, 2.45) is 5.11 Å². The van der Waals surface area contributed by atoms with Crippen molar-refractivity contribution in [1.82, 2.24) is 0 Å². The molecule has 0 radical (unpaired) electrons. The SMILES string of the molecule is CCCCCCCCCCCCCCCCC[C@@H](OC(=O)c1ccccc1)[C@H](CO[C@H]1O[C@H](COC(=O)c2ccccc2)[C@@H](OC(=O)c2ccccc2)[C@H](OC(=O)c2ccccc2)[C@@H]1O)N=[N+]=[N-]. The van der Waals surface area contributed by atoms with Gasteiger partial charge < -0.3 is 33.5 Å². The summed E-state index contributed by atoms with van der Waals surface area (Å²) in [5.41, 5.74) is 10.6. The molecule has 1 N–H and O–H groups in total. The molecule has 1 aliphatic rings. The largest absolute Gasteiger partial charge is 0.459 e. The average Bonchev–Trinajstić information content (AvgIpc) is 3.37. The number of aliphatic hydroxyl groups excluding tert-OH is 1. The van der Waals surface area contributed by atoms with Crippen molar-refractivity contribution in [2.45, 2.75) is 153 Å². The standard InChI is InChI=1S/C54H67N3O11/c1-2-3-4-5-6-7-8-9-10-11-12-13-14-15-28-37-45(65-51(60)41-31-22-17-23-32-41)44(56-57-55)38-64-54-47(58)49(68-53(62)43-35-26-19-27-36-43)48(67-52(61)42-33-24-18-25-34-42)46(66-54)39-63-50(59)40-29-20-16-21-30-40/h16-27,29-36,44-49,54,58H,2-15,28,37-39H2,1H3/t44-,45+,46+,47-,48+,49+,54-/m0/s1. The molecule has 0 saturated carbocycles. The molecule has 1 aliphatic heterocycles. The first-order chi connectivity index (χ1) is 33.3. The number of hydrogen-bond donors (Lipinski definition) is 1. The Hall–Kier alpha value is -6.05. The Bertz CT molecular complexity index is 2120. The van der Waals surface area contributed by atoms with E-state index >= 15 is 0 Å². The van der Waals surface area contributed by atoms with Gasteiger partial charge in [0.1, 0.15) is 24.9 Å². The van der Waals surface area contributed by atoms with Gasteiger partial charge in [-0.15, -0.1) is 0 Å². The Balaban J connectivity index is 1.29. The maximum Gasteiger partial charge on any atom is 0.338 e. The van der Waals surface area contributed by atoms with Gasteiger partial charge in [-0.1, -0.05) is 175 Å². The van der Waals surface area contributed by atoms with Crippen LogP contribution in [0.25, 0.3) is 10.4 Å². The fourth-order valence-electron chi connectivity index (χ4n) is 8.09. The van der Waals surface area contributed by atoms with E-state index in [0.29, 0.717) is 18.4 Å². The molecule has 5 rings (SSSR count). The van der Waals surface area contributed by atoms with E-state index in [9.17, 15) is 29.8 Å². The first-order valence-electron chi connectivity index (χ1n) is 24.3. The normalized spacial score (nSPS) is 18.6. The molecule has 0 aliphatic carbocycles. The number of ether oxygens (including phenoxy) is 6. The second-order valence-corrected chi connectivity index (χ2v) is 17.1. The second-order valence-electron chi connectivity index (χ2n) is 17.1. The highest BCUT2D eigenvalue weighted by Crippen LogP contribution is 2.30. The summed E-state index contributed by atoms with van der Waals surface area (Å²) >= 11 is 0. The molecule has 68 heavy (non-hydrogen) atoms. The van der Waals surface area contributed by atoms with Gasteiger partial charge in [-0.3, -0.25) is 0 Å². The minimum Gasteiger partial charge on any atom is -0.459 e. The summed E-state index contributed by atoms with van der Waals surface area (Å²) in [7, 11) is 0. The maximum atomic E-state index is 13.6. The van der Waals surface area contributed by atoms with E-state index in [1.807, 2.05) is 0 Å². The minimum atomic E-state index is -1.80. The summed E-state index contributed by atoms with van der Waals surface area (Å²) in [5, 5.41) is 16.0. The van der Waals surface area contributed by atoms with Crippen LogP contribution < -0.4 is 0 Å². The first-order valence-corrected chi connectivity index (χ1v) is 24.3. The Kier molecular flexibility index (Phi) is 23.6. The van der Waals surface area contributed by atoms with E-state index in [1.165, 1.54) is 88.5 Å². The van der Waals surface area contributed by atoms with Crippen molar-refractivity contribution in [3.63, 3.8) is 0 Å². The fraction of sp³-hybridized carbons (Fsp3) is 0.481. The third-order valence-corrected chi connectivity index (χ3v) is 11.9. The molecule has 0 aromatic heterocycles. The van der Waals surface area contributed by atoms with Gasteiger partial charge in [-0.05, 0) is 66.9 Å². The molecule has 14 nitrogen and oxygen atoms in total.